The average molecular weight is 457 g/mol. The van der Waals surface area contributed by atoms with E-state index in [0.717, 1.165) is 4.57 Å². The van der Waals surface area contributed by atoms with Crippen LogP contribution in [0.1, 0.15) is 18.2 Å². The molecule has 0 saturated heterocycles. The Kier molecular flexibility index (Phi) is 7.29. The number of anilines is 1. The van der Waals surface area contributed by atoms with Crippen molar-refractivity contribution in [3.8, 4) is 0 Å². The van der Waals surface area contributed by atoms with Crippen LogP contribution in [0.4, 0.5) is 5.69 Å². The second-order valence-electron chi connectivity index (χ2n) is 6.16. The van der Waals surface area contributed by atoms with Crippen molar-refractivity contribution in [3.05, 3.63) is 57.5 Å². The molecule has 1 aromatic heterocycles. The molecule has 1 heterocycles. The number of nitrogens with one attached hydrogen (secondary N) is 1. The first-order chi connectivity index (χ1) is 14.0. The Morgan fingerprint density at radius 3 is 2.50 bits per heavy atom. The van der Waals surface area contributed by atoms with Gasteiger partial charge in [-0.15, -0.1) is 0 Å². The van der Waals surface area contributed by atoms with E-state index in [1.165, 1.54) is 30.3 Å². The molecule has 0 aliphatic heterocycles. The first kappa shape index (κ1) is 23.0. The standard InChI is InChI=1S/C17H21ClN6O5S/c1-10-6-7-12(23-30(27,28)14-5-3-2-4-11(14)18)16(26)24(10)13(15(19)25)8-9-29-22-17(20)21/h2-7,13,23H,8-9H2,1H3,(H2,19,25)(H4,20,21,22). The summed E-state index contributed by atoms with van der Waals surface area (Å²) in [7, 11) is -4.15. The number of nitrogens with zero attached hydrogens (tertiary/aromatic N) is 2. The van der Waals surface area contributed by atoms with Crippen LogP contribution in [-0.2, 0) is 19.7 Å². The van der Waals surface area contributed by atoms with Crippen LogP contribution < -0.4 is 27.5 Å². The summed E-state index contributed by atoms with van der Waals surface area (Å²) >= 11 is 5.95. The molecule has 1 aromatic carbocycles. The van der Waals surface area contributed by atoms with Crippen LogP contribution in [0.5, 0.6) is 0 Å². The molecule has 1 atom stereocenters. The van der Waals surface area contributed by atoms with Crippen LogP contribution in [0.15, 0.2) is 51.2 Å². The van der Waals surface area contributed by atoms with Gasteiger partial charge in [-0.1, -0.05) is 23.7 Å². The van der Waals surface area contributed by atoms with Crippen molar-refractivity contribution in [1.82, 2.24) is 4.57 Å². The van der Waals surface area contributed by atoms with Gasteiger partial charge >= 0.3 is 0 Å². The van der Waals surface area contributed by atoms with Gasteiger partial charge in [-0.3, -0.25) is 18.9 Å². The molecule has 1 amide bonds. The van der Waals surface area contributed by atoms with Crippen molar-refractivity contribution in [2.45, 2.75) is 24.3 Å². The molecule has 0 spiro atoms. The fourth-order valence-electron chi connectivity index (χ4n) is 2.66. The lowest BCUT2D eigenvalue weighted by Gasteiger charge is -2.20. The van der Waals surface area contributed by atoms with Crippen molar-refractivity contribution in [2.24, 2.45) is 22.4 Å². The molecule has 2 aromatic rings. The number of oxime groups is 1. The van der Waals surface area contributed by atoms with Gasteiger partial charge in [0, 0.05) is 12.1 Å². The summed E-state index contributed by atoms with van der Waals surface area (Å²) in [5.41, 5.74) is 15.1. The van der Waals surface area contributed by atoms with E-state index < -0.39 is 27.5 Å². The number of amides is 1. The number of aryl methyl sites for hydroxylation is 1. The van der Waals surface area contributed by atoms with Crippen LogP contribution in [-0.4, -0.2) is 31.5 Å². The number of rotatable bonds is 9. The SMILES string of the molecule is Cc1ccc(NS(=O)(=O)c2ccccc2Cl)c(=O)n1C(CCON=C(N)N)C(N)=O. The molecule has 0 aliphatic rings. The second kappa shape index (κ2) is 9.50. The lowest BCUT2D eigenvalue weighted by molar-refractivity contribution is -0.121. The number of benzene rings is 1. The number of primary amides is 1. The van der Waals surface area contributed by atoms with Gasteiger partial charge in [-0.25, -0.2) is 8.42 Å². The number of aromatic nitrogens is 1. The number of carbonyl (C=O) groups is 1. The van der Waals surface area contributed by atoms with Gasteiger partial charge in [-0.2, -0.15) is 0 Å². The van der Waals surface area contributed by atoms with Gasteiger partial charge in [0.05, 0.1) is 5.02 Å². The zero-order chi connectivity index (χ0) is 22.5. The van der Waals surface area contributed by atoms with E-state index in [1.807, 2.05) is 0 Å². The maximum Gasteiger partial charge on any atom is 0.275 e. The third-order valence-corrected chi connectivity index (χ3v) is 5.85. The average Bonchev–Trinajstić information content (AvgIpc) is 2.65. The largest absolute Gasteiger partial charge is 0.393 e. The Bertz CT molecular complexity index is 1130. The van der Waals surface area contributed by atoms with E-state index in [2.05, 4.69) is 9.88 Å². The Morgan fingerprint density at radius 2 is 1.90 bits per heavy atom. The van der Waals surface area contributed by atoms with E-state index in [4.69, 9.17) is 33.6 Å². The summed E-state index contributed by atoms with van der Waals surface area (Å²) < 4.78 is 28.6. The van der Waals surface area contributed by atoms with E-state index in [1.54, 1.807) is 13.0 Å². The highest BCUT2D eigenvalue weighted by molar-refractivity contribution is 7.92. The summed E-state index contributed by atoms with van der Waals surface area (Å²) in [5.74, 6) is -1.13. The minimum Gasteiger partial charge on any atom is -0.393 e. The van der Waals surface area contributed by atoms with Gasteiger partial charge in [0.2, 0.25) is 11.9 Å². The molecule has 0 saturated carbocycles. The molecule has 11 nitrogen and oxygen atoms in total. The number of carbonyl (C=O) groups excluding carboxylic acids is 1. The maximum atomic E-state index is 13.0. The van der Waals surface area contributed by atoms with Gasteiger partial charge in [0.15, 0.2) is 0 Å². The molecule has 7 N–H and O–H groups in total. The Hall–Kier alpha value is -3.25. The zero-order valence-corrected chi connectivity index (χ0v) is 17.5. The van der Waals surface area contributed by atoms with Crippen LogP contribution in [0.25, 0.3) is 0 Å². The minimum atomic E-state index is -4.15. The summed E-state index contributed by atoms with van der Waals surface area (Å²) in [6.45, 7) is 1.45. The first-order valence-corrected chi connectivity index (χ1v) is 10.4. The predicted molar refractivity (Wildman–Crippen MR) is 112 cm³/mol. The van der Waals surface area contributed by atoms with Gasteiger partial charge < -0.3 is 22.0 Å². The predicted octanol–water partition coefficient (Wildman–Crippen LogP) is 0.232. The molecule has 13 heteroatoms. The number of halogens is 1. The van der Waals surface area contributed by atoms with Crippen LogP contribution >= 0.6 is 11.6 Å². The number of guanidine groups is 1. The molecule has 0 fully saturated rings. The zero-order valence-electron chi connectivity index (χ0n) is 15.9. The lowest BCUT2D eigenvalue weighted by atomic mass is 10.1. The van der Waals surface area contributed by atoms with E-state index in [-0.39, 0.29) is 34.6 Å². The van der Waals surface area contributed by atoms with Crippen LogP contribution in [0, 0.1) is 6.92 Å². The summed E-state index contributed by atoms with van der Waals surface area (Å²) in [6.07, 6.45) is -0.0342. The third-order valence-electron chi connectivity index (χ3n) is 3.98. The lowest BCUT2D eigenvalue weighted by Crippen LogP contribution is -2.37. The summed E-state index contributed by atoms with van der Waals surface area (Å²) in [5, 5.41) is 3.32. The minimum absolute atomic E-state index is 0.00988. The van der Waals surface area contributed by atoms with E-state index in [0.29, 0.717) is 5.69 Å². The molecular formula is C17H21ClN6O5S. The highest BCUT2D eigenvalue weighted by Crippen LogP contribution is 2.23. The number of nitrogens with two attached hydrogens (primary N) is 3. The molecule has 2 rings (SSSR count). The Balaban J connectivity index is 2.40. The van der Waals surface area contributed by atoms with Crippen molar-refractivity contribution in [2.75, 3.05) is 11.3 Å². The van der Waals surface area contributed by atoms with Crippen molar-refractivity contribution >= 4 is 39.2 Å². The molecular weight excluding hydrogens is 436 g/mol. The topological polar surface area (TPSA) is 185 Å². The van der Waals surface area contributed by atoms with Crippen molar-refractivity contribution in [1.29, 1.82) is 0 Å². The fraction of sp³-hybridized carbons (Fsp3) is 0.235. The number of hydrogen-bond acceptors (Lipinski definition) is 6. The van der Waals surface area contributed by atoms with E-state index in [9.17, 15) is 18.0 Å². The normalized spacial score (nSPS) is 12.1. The fourth-order valence-corrected chi connectivity index (χ4v) is 4.23. The van der Waals surface area contributed by atoms with Gasteiger partial charge in [-0.05, 0) is 36.3 Å². The smallest absolute Gasteiger partial charge is 0.275 e. The van der Waals surface area contributed by atoms with Gasteiger partial charge in [0.25, 0.3) is 15.6 Å². The molecule has 0 aliphatic carbocycles. The molecule has 162 valence electrons. The maximum absolute atomic E-state index is 13.0. The molecule has 1 unspecified atom stereocenters. The summed E-state index contributed by atoms with van der Waals surface area (Å²) in [4.78, 5) is 29.6. The molecule has 30 heavy (non-hydrogen) atoms. The van der Waals surface area contributed by atoms with Crippen molar-refractivity contribution < 1.29 is 18.0 Å². The second-order valence-corrected chi connectivity index (χ2v) is 8.21. The highest BCUT2D eigenvalue weighted by atomic mass is 35.5. The monoisotopic (exact) mass is 456 g/mol. The van der Waals surface area contributed by atoms with Crippen LogP contribution in [0.2, 0.25) is 5.02 Å². The van der Waals surface area contributed by atoms with E-state index >= 15 is 0 Å². The Morgan fingerprint density at radius 1 is 1.23 bits per heavy atom. The quantitative estimate of drug-likeness (QED) is 0.180. The number of pyridine rings is 1. The van der Waals surface area contributed by atoms with Gasteiger partial charge in [0.1, 0.15) is 23.2 Å². The third kappa shape index (κ3) is 5.42. The first-order valence-electron chi connectivity index (χ1n) is 8.54. The van der Waals surface area contributed by atoms with Crippen molar-refractivity contribution in [3.63, 3.8) is 0 Å². The molecule has 0 radical (unpaired) electrons. The summed E-state index contributed by atoms with van der Waals surface area (Å²) in [6, 6.07) is 7.40. The number of hydrogen-bond donors (Lipinski definition) is 4. The Labute approximate surface area is 177 Å². The highest BCUT2D eigenvalue weighted by Gasteiger charge is 2.24. The molecule has 0 bridgehead atoms. The number of sulfonamides is 1. The van der Waals surface area contributed by atoms with Crippen LogP contribution in [0.3, 0.4) is 0 Å².